The molecule has 54 heavy (non-hydrogen) atoms. The molecule has 0 bridgehead atoms. The van der Waals surface area contributed by atoms with Crippen molar-refractivity contribution >= 4 is 54.3 Å². The van der Waals surface area contributed by atoms with Crippen LogP contribution in [0.4, 0.5) is 0 Å². The number of hydrogen-bond donors (Lipinski definition) is 0. The van der Waals surface area contributed by atoms with Gasteiger partial charge in [0.25, 0.3) is 0 Å². The molecule has 0 radical (unpaired) electrons. The van der Waals surface area contributed by atoms with Crippen molar-refractivity contribution in [2.24, 2.45) is 0 Å². The Labute approximate surface area is 852 Å². The van der Waals surface area contributed by atoms with Gasteiger partial charge in [0, 0.05) is 0 Å². The summed E-state index contributed by atoms with van der Waals surface area (Å²) in [6.07, 6.45) is 0. The minimum atomic E-state index is -5.61. The molecule has 54 heteroatoms. The van der Waals surface area contributed by atoms with Crippen molar-refractivity contribution in [1.82, 2.24) is 0 Å². The van der Waals surface area contributed by atoms with Gasteiger partial charge >= 0.3 is 709 Å². The Balaban J connectivity index is -0.00000000420. The van der Waals surface area contributed by atoms with E-state index in [1.807, 2.05) is 0 Å². The van der Waals surface area contributed by atoms with Crippen LogP contribution in [-0.2, 0) is 0 Å². The molecule has 0 saturated carbocycles. The van der Waals surface area contributed by atoms with E-state index in [0.29, 0.717) is 0 Å². The molecule has 192 valence electrons. The molecule has 0 saturated heterocycles. The van der Waals surface area contributed by atoms with Crippen LogP contribution >= 0.6 is 0 Å². The number of hydrogen-bond acceptors (Lipinski definition) is 24. The molecule has 0 rings (SSSR count). The zero-order chi connectivity index (χ0) is 27.0. The Morgan fingerprint density at radius 1 is 0.0926 bits per heavy atom. The third-order valence-electron chi connectivity index (χ3n) is 0. The standard InChI is InChI=1S/24Na.6O4Si/c;;;;;;;;;;;;;;;;;;;;;;;;6*1-5(2,3)4/q24*+1;6*-4. The summed E-state index contributed by atoms with van der Waals surface area (Å²) in [5.74, 6) is 0. The second kappa shape index (κ2) is 124. The average molecular weight is 1100 g/mol. The molecule has 0 aromatic carbocycles. The molecule has 0 fully saturated rings. The van der Waals surface area contributed by atoms with E-state index in [1.165, 1.54) is 0 Å². The van der Waals surface area contributed by atoms with Crippen molar-refractivity contribution < 1.29 is 824 Å². The van der Waals surface area contributed by atoms with Crippen LogP contribution in [0.15, 0.2) is 0 Å². The molecule has 0 aliphatic carbocycles. The number of rotatable bonds is 0. The van der Waals surface area contributed by atoms with Crippen molar-refractivity contribution in [3.05, 3.63) is 0 Å². The first-order chi connectivity index (χ1) is 12.0. The van der Waals surface area contributed by atoms with Crippen LogP contribution in [0.3, 0.4) is 0 Å². The molecule has 0 N–H and O–H groups in total. The predicted octanol–water partition coefficient (Wildman–Crippen LogP) is -103. The largest absolute Gasteiger partial charge is 1.00 e. The fourth-order valence-corrected chi connectivity index (χ4v) is 0. The van der Waals surface area contributed by atoms with Crippen molar-refractivity contribution in [2.45, 2.75) is 0 Å². The van der Waals surface area contributed by atoms with Crippen LogP contribution in [-0.4, -0.2) is 54.3 Å². The zero-order valence-corrected chi connectivity index (χ0v) is 90.8. The van der Waals surface area contributed by atoms with E-state index in [-0.39, 0.29) is 709 Å². The van der Waals surface area contributed by atoms with Gasteiger partial charge < -0.3 is 169 Å². The normalized spacial score (nSPS) is 6.67. The van der Waals surface area contributed by atoms with E-state index >= 15 is 0 Å². The summed E-state index contributed by atoms with van der Waals surface area (Å²) in [7, 11) is -33.7. The van der Waals surface area contributed by atoms with Gasteiger partial charge in [0.15, 0.2) is 0 Å². The molecule has 0 aliphatic heterocycles. The van der Waals surface area contributed by atoms with Crippen molar-refractivity contribution in [3.63, 3.8) is 0 Å². The summed E-state index contributed by atoms with van der Waals surface area (Å²) >= 11 is 0. The first-order valence-electron chi connectivity index (χ1n) is 4.90. The minimum Gasteiger partial charge on any atom is -0.894 e. The Morgan fingerprint density at radius 2 is 0.0926 bits per heavy atom. The molecule has 0 amide bonds. The maximum Gasteiger partial charge on any atom is 1.00 e. The minimum absolute atomic E-state index is 0. The molecule has 0 aliphatic rings. The molecular formula is Na24O24Si6. The summed E-state index contributed by atoms with van der Waals surface area (Å²) in [6.45, 7) is 0. The molecule has 0 atom stereocenters. The van der Waals surface area contributed by atoms with Crippen molar-refractivity contribution in [1.29, 1.82) is 0 Å². The molecular weight excluding hydrogens is 1100 g/mol. The van der Waals surface area contributed by atoms with Gasteiger partial charge in [0.2, 0.25) is 0 Å². The third-order valence-corrected chi connectivity index (χ3v) is 0. The monoisotopic (exact) mass is 1100 g/mol. The van der Waals surface area contributed by atoms with Crippen LogP contribution in [0.1, 0.15) is 0 Å². The summed E-state index contributed by atoms with van der Waals surface area (Å²) in [4.78, 5) is 206. The van der Waals surface area contributed by atoms with Gasteiger partial charge in [-0.1, -0.05) is 0 Å². The first-order valence-corrected chi connectivity index (χ1v) is 14.7. The summed E-state index contributed by atoms with van der Waals surface area (Å²) in [5, 5.41) is 0. The maximum absolute atomic E-state index is 8.58. The zero-order valence-electron chi connectivity index (χ0n) is 36.8. The smallest absolute Gasteiger partial charge is 0.894 e. The molecule has 0 unspecified atom stereocenters. The van der Waals surface area contributed by atoms with E-state index in [9.17, 15) is 0 Å². The van der Waals surface area contributed by atoms with Crippen LogP contribution in [0.5, 0.6) is 0 Å². The first kappa shape index (κ1) is 201. The van der Waals surface area contributed by atoms with Gasteiger partial charge in [-0.3, -0.25) is 0 Å². The van der Waals surface area contributed by atoms with Crippen LogP contribution in [0, 0.1) is 0 Å². The van der Waals surface area contributed by atoms with Gasteiger partial charge in [0.05, 0.1) is 0 Å². The van der Waals surface area contributed by atoms with Gasteiger partial charge in [-0.2, -0.15) is 0 Å². The molecule has 0 aromatic rings. The van der Waals surface area contributed by atoms with E-state index in [4.69, 9.17) is 115 Å². The van der Waals surface area contributed by atoms with E-state index in [1.54, 1.807) is 0 Å². The Kier molecular flexibility index (Phi) is 460. The van der Waals surface area contributed by atoms with Crippen molar-refractivity contribution in [3.8, 4) is 0 Å². The molecule has 0 heterocycles. The van der Waals surface area contributed by atoms with Gasteiger partial charge in [-0.25, -0.2) is 0 Å². The van der Waals surface area contributed by atoms with Crippen molar-refractivity contribution in [2.75, 3.05) is 0 Å². The summed E-state index contributed by atoms with van der Waals surface area (Å²) in [6, 6.07) is 0. The molecule has 0 aromatic heterocycles. The van der Waals surface area contributed by atoms with E-state index in [0.717, 1.165) is 0 Å². The Morgan fingerprint density at radius 3 is 0.0926 bits per heavy atom. The second-order valence-electron chi connectivity index (χ2n) is 3.00. The average Bonchev–Trinajstić information content (AvgIpc) is 1.94. The van der Waals surface area contributed by atoms with Gasteiger partial charge in [-0.15, -0.1) is 0 Å². The fourth-order valence-electron chi connectivity index (χ4n) is 0. The molecule has 24 nitrogen and oxygen atoms in total. The van der Waals surface area contributed by atoms with Crippen LogP contribution < -0.4 is 824 Å². The third kappa shape index (κ3) is 731. The summed E-state index contributed by atoms with van der Waals surface area (Å²) < 4.78 is 0. The topological polar surface area (TPSA) is 553 Å². The second-order valence-corrected chi connectivity index (χ2v) is 9.00. The van der Waals surface area contributed by atoms with E-state index in [2.05, 4.69) is 0 Å². The van der Waals surface area contributed by atoms with Crippen LogP contribution in [0.25, 0.3) is 0 Å². The SMILES string of the molecule is [Na+].[Na+].[Na+].[Na+].[Na+].[Na+].[Na+].[Na+].[Na+].[Na+].[Na+].[Na+].[Na+].[Na+].[Na+].[Na+].[Na+].[Na+].[Na+].[Na+].[Na+].[Na+].[Na+].[Na+].[O-][Si]([O-])([O-])[O-].[O-][Si]([O-])([O-])[O-].[O-][Si]([O-])([O-])[O-].[O-][Si]([O-])([O-])[O-].[O-][Si]([O-])([O-])[O-].[O-][Si]([O-])([O-])[O-]. The predicted molar refractivity (Wildman–Crippen MR) is 34.5 cm³/mol. The fraction of sp³-hybridized carbons (Fsp3) is 0. The Bertz CT molecular complexity index is 261. The molecule has 0 spiro atoms. The van der Waals surface area contributed by atoms with E-state index < -0.39 is 54.3 Å². The van der Waals surface area contributed by atoms with Crippen LogP contribution in [0.2, 0.25) is 0 Å². The maximum atomic E-state index is 8.58. The summed E-state index contributed by atoms with van der Waals surface area (Å²) in [5.41, 5.74) is 0. The van der Waals surface area contributed by atoms with Gasteiger partial charge in [-0.05, 0) is 0 Å². The van der Waals surface area contributed by atoms with Gasteiger partial charge in [0.1, 0.15) is 0 Å². The Hall–Kier alpha value is 24.3. The quantitative estimate of drug-likeness (QED) is 0.203.